The zero-order chi connectivity index (χ0) is 14.8. The van der Waals surface area contributed by atoms with Gasteiger partial charge in [-0.15, -0.1) is 0 Å². The van der Waals surface area contributed by atoms with Crippen LogP contribution in [-0.4, -0.2) is 24.2 Å². The monoisotopic (exact) mass is 287 g/mol. The molecule has 0 unspecified atom stereocenters. The summed E-state index contributed by atoms with van der Waals surface area (Å²) in [6, 6.07) is 3.69. The zero-order valence-electron chi connectivity index (χ0n) is 12.6. The van der Waals surface area contributed by atoms with Crippen LogP contribution in [0.2, 0.25) is 0 Å². The Hall–Kier alpha value is -2.04. The second-order valence-electron chi connectivity index (χ2n) is 5.52. The van der Waals surface area contributed by atoms with E-state index in [-0.39, 0.29) is 0 Å². The van der Waals surface area contributed by atoms with Gasteiger partial charge in [-0.3, -0.25) is 0 Å². The van der Waals surface area contributed by atoms with Gasteiger partial charge in [0.2, 0.25) is 0 Å². The molecule has 5 nitrogen and oxygen atoms in total. The summed E-state index contributed by atoms with van der Waals surface area (Å²) >= 11 is 0. The normalized spacial score (nSPS) is 16.1. The summed E-state index contributed by atoms with van der Waals surface area (Å²) in [7, 11) is 3.23. The molecule has 0 radical (unpaired) electrons. The topological polar surface area (TPSA) is 70.3 Å². The van der Waals surface area contributed by atoms with Crippen molar-refractivity contribution in [2.24, 2.45) is 0 Å². The Balaban J connectivity index is 2.08. The Kier molecular flexibility index (Phi) is 3.82. The van der Waals surface area contributed by atoms with Crippen molar-refractivity contribution in [1.82, 2.24) is 9.97 Å². The molecule has 1 aromatic heterocycles. The standard InChI is InChI=1S/C16H21N3O2/c1-20-13-8-11-12(9-14(13)21-2)19-16(17)15(18-11)10-6-4-3-5-7-10/h8-10H,3-7H2,1-2H3,(H2,17,19). The highest BCUT2D eigenvalue weighted by molar-refractivity contribution is 5.80. The first-order valence-electron chi connectivity index (χ1n) is 7.42. The molecule has 3 rings (SSSR count). The molecule has 0 aliphatic heterocycles. The van der Waals surface area contributed by atoms with Crippen LogP contribution in [0.4, 0.5) is 5.82 Å². The van der Waals surface area contributed by atoms with Crippen LogP contribution in [0.15, 0.2) is 12.1 Å². The molecule has 1 aromatic carbocycles. The number of nitrogens with two attached hydrogens (primary N) is 1. The number of rotatable bonds is 3. The van der Waals surface area contributed by atoms with E-state index < -0.39 is 0 Å². The van der Waals surface area contributed by atoms with Crippen molar-refractivity contribution in [1.29, 1.82) is 0 Å². The maximum atomic E-state index is 6.13. The highest BCUT2D eigenvalue weighted by atomic mass is 16.5. The van der Waals surface area contributed by atoms with Crippen molar-refractivity contribution in [3.05, 3.63) is 17.8 Å². The Morgan fingerprint density at radius 2 is 1.52 bits per heavy atom. The summed E-state index contributed by atoms with van der Waals surface area (Å²) < 4.78 is 10.6. The molecule has 0 bridgehead atoms. The lowest BCUT2D eigenvalue weighted by Gasteiger charge is -2.22. The molecule has 1 heterocycles. The lowest BCUT2D eigenvalue weighted by molar-refractivity contribution is 0.355. The fourth-order valence-corrected chi connectivity index (χ4v) is 3.09. The lowest BCUT2D eigenvalue weighted by Crippen LogP contribution is -2.11. The SMILES string of the molecule is COc1cc2nc(N)c(C3CCCCC3)nc2cc1OC. The maximum absolute atomic E-state index is 6.13. The average molecular weight is 287 g/mol. The summed E-state index contributed by atoms with van der Waals surface area (Å²) in [4.78, 5) is 9.27. The van der Waals surface area contributed by atoms with Crippen molar-refractivity contribution in [2.45, 2.75) is 38.0 Å². The third-order valence-electron chi connectivity index (χ3n) is 4.22. The first-order valence-corrected chi connectivity index (χ1v) is 7.42. The van der Waals surface area contributed by atoms with E-state index in [9.17, 15) is 0 Å². The van der Waals surface area contributed by atoms with Gasteiger partial charge in [-0.05, 0) is 12.8 Å². The Morgan fingerprint density at radius 1 is 0.952 bits per heavy atom. The molecule has 1 aliphatic carbocycles. The van der Waals surface area contributed by atoms with E-state index in [0.717, 1.165) is 29.6 Å². The molecule has 112 valence electrons. The second-order valence-corrected chi connectivity index (χ2v) is 5.52. The van der Waals surface area contributed by atoms with Gasteiger partial charge in [0, 0.05) is 18.1 Å². The summed E-state index contributed by atoms with van der Waals surface area (Å²) in [6.45, 7) is 0. The number of nitrogen functional groups attached to an aromatic ring is 1. The molecule has 1 aliphatic rings. The van der Waals surface area contributed by atoms with Gasteiger partial charge >= 0.3 is 0 Å². The van der Waals surface area contributed by atoms with Crippen LogP contribution in [0.5, 0.6) is 11.5 Å². The van der Waals surface area contributed by atoms with Crippen LogP contribution in [0.3, 0.4) is 0 Å². The first-order chi connectivity index (χ1) is 10.2. The van der Waals surface area contributed by atoms with Crippen LogP contribution in [0.1, 0.15) is 43.7 Å². The van der Waals surface area contributed by atoms with Gasteiger partial charge in [0.05, 0.1) is 30.9 Å². The Labute approximate surface area is 124 Å². The molecule has 2 aromatic rings. The van der Waals surface area contributed by atoms with Crippen molar-refractivity contribution >= 4 is 16.9 Å². The van der Waals surface area contributed by atoms with Crippen molar-refractivity contribution in [3.8, 4) is 11.5 Å². The summed E-state index contributed by atoms with van der Waals surface area (Å²) in [5.41, 5.74) is 8.62. The predicted molar refractivity (Wildman–Crippen MR) is 82.9 cm³/mol. The van der Waals surface area contributed by atoms with Crippen molar-refractivity contribution < 1.29 is 9.47 Å². The smallest absolute Gasteiger partial charge is 0.163 e. The average Bonchev–Trinajstić information content (AvgIpc) is 2.53. The van der Waals surface area contributed by atoms with Crippen molar-refractivity contribution in [3.63, 3.8) is 0 Å². The number of benzene rings is 1. The van der Waals surface area contributed by atoms with Gasteiger partial charge in [-0.1, -0.05) is 19.3 Å². The number of anilines is 1. The molecule has 1 saturated carbocycles. The highest BCUT2D eigenvalue weighted by Gasteiger charge is 2.21. The molecule has 1 fully saturated rings. The van der Waals surface area contributed by atoms with E-state index in [1.165, 1.54) is 19.3 Å². The van der Waals surface area contributed by atoms with E-state index in [1.54, 1.807) is 14.2 Å². The van der Waals surface area contributed by atoms with E-state index in [1.807, 2.05) is 12.1 Å². The van der Waals surface area contributed by atoms with Gasteiger partial charge in [0.25, 0.3) is 0 Å². The minimum atomic E-state index is 0.434. The summed E-state index contributed by atoms with van der Waals surface area (Å²) in [5.74, 6) is 2.29. The molecule has 0 spiro atoms. The molecule has 0 atom stereocenters. The van der Waals surface area contributed by atoms with Gasteiger partial charge in [0.15, 0.2) is 11.5 Å². The number of nitrogens with zero attached hydrogens (tertiary/aromatic N) is 2. The Morgan fingerprint density at radius 3 is 2.10 bits per heavy atom. The van der Waals surface area contributed by atoms with Gasteiger partial charge < -0.3 is 15.2 Å². The minimum Gasteiger partial charge on any atom is -0.493 e. The molecular formula is C16H21N3O2. The third-order valence-corrected chi connectivity index (χ3v) is 4.22. The van der Waals surface area contributed by atoms with Gasteiger partial charge in [-0.25, -0.2) is 9.97 Å². The third kappa shape index (κ3) is 2.60. The lowest BCUT2D eigenvalue weighted by atomic mass is 9.86. The van der Waals surface area contributed by atoms with Crippen LogP contribution < -0.4 is 15.2 Å². The summed E-state index contributed by atoms with van der Waals surface area (Å²) in [5, 5.41) is 0. The molecule has 2 N–H and O–H groups in total. The largest absolute Gasteiger partial charge is 0.493 e. The summed E-state index contributed by atoms with van der Waals surface area (Å²) in [6.07, 6.45) is 6.10. The van der Waals surface area contributed by atoms with Gasteiger partial charge in [-0.2, -0.15) is 0 Å². The fourth-order valence-electron chi connectivity index (χ4n) is 3.09. The number of ether oxygens (including phenoxy) is 2. The zero-order valence-corrected chi connectivity index (χ0v) is 12.6. The second kappa shape index (κ2) is 5.76. The van der Waals surface area contributed by atoms with E-state index in [0.29, 0.717) is 23.2 Å². The quantitative estimate of drug-likeness (QED) is 0.938. The van der Waals surface area contributed by atoms with E-state index in [4.69, 9.17) is 20.2 Å². The molecule has 5 heteroatoms. The van der Waals surface area contributed by atoms with Crippen molar-refractivity contribution in [2.75, 3.05) is 20.0 Å². The highest BCUT2D eigenvalue weighted by Crippen LogP contribution is 2.36. The number of hydrogen-bond donors (Lipinski definition) is 1. The van der Waals surface area contributed by atoms with Crippen LogP contribution in [-0.2, 0) is 0 Å². The maximum Gasteiger partial charge on any atom is 0.163 e. The first kappa shape index (κ1) is 13.9. The van der Waals surface area contributed by atoms with Gasteiger partial charge in [0.1, 0.15) is 5.82 Å². The molecule has 21 heavy (non-hydrogen) atoms. The van der Waals surface area contributed by atoms with Crippen LogP contribution in [0.25, 0.3) is 11.0 Å². The minimum absolute atomic E-state index is 0.434. The number of aromatic nitrogens is 2. The van der Waals surface area contributed by atoms with Crippen LogP contribution in [0, 0.1) is 0 Å². The number of methoxy groups -OCH3 is 2. The van der Waals surface area contributed by atoms with Crippen LogP contribution >= 0.6 is 0 Å². The number of fused-ring (bicyclic) bond motifs is 1. The fraction of sp³-hybridized carbons (Fsp3) is 0.500. The predicted octanol–water partition coefficient (Wildman–Crippen LogP) is 3.28. The molecule has 0 saturated heterocycles. The Bertz CT molecular complexity index is 652. The molecular weight excluding hydrogens is 266 g/mol. The van der Waals surface area contributed by atoms with E-state index >= 15 is 0 Å². The van der Waals surface area contributed by atoms with E-state index in [2.05, 4.69) is 4.98 Å². The molecule has 0 amide bonds. The number of hydrogen-bond acceptors (Lipinski definition) is 5.